The molecule has 2 amide bonds. The Morgan fingerprint density at radius 2 is 2.31 bits per heavy atom. The number of hydrogen-bond donors (Lipinski definition) is 3. The van der Waals surface area contributed by atoms with Crippen LogP contribution < -0.4 is 10.6 Å². The molecule has 2 aromatic rings. The number of aryl methyl sites for hydroxylation is 1. The zero-order valence-corrected chi connectivity index (χ0v) is 9.29. The lowest BCUT2D eigenvalue weighted by Crippen LogP contribution is -2.28. The lowest BCUT2D eigenvalue weighted by atomic mass is 10.2. The van der Waals surface area contributed by atoms with Gasteiger partial charge in [0, 0.05) is 6.54 Å². The van der Waals surface area contributed by atoms with E-state index in [2.05, 4.69) is 20.6 Å². The standard InChI is InChI=1S/C11H14N4O/c1-3-12-11(16)15-10-13-8-5-4-7(2)6-9(8)14-10/h4-6H,3H2,1-2H3,(H3,12,13,14,15,16). The quantitative estimate of drug-likeness (QED) is 0.721. The number of aromatic nitrogens is 2. The average molecular weight is 218 g/mol. The number of fused-ring (bicyclic) bond motifs is 1. The second-order valence-electron chi connectivity index (χ2n) is 3.59. The van der Waals surface area contributed by atoms with Gasteiger partial charge in [-0.15, -0.1) is 0 Å². The number of amides is 2. The summed E-state index contributed by atoms with van der Waals surface area (Å²) in [6.45, 7) is 4.46. The number of hydrogen-bond acceptors (Lipinski definition) is 2. The number of H-pyrrole nitrogens is 1. The number of benzene rings is 1. The van der Waals surface area contributed by atoms with Crippen LogP contribution in [0.1, 0.15) is 12.5 Å². The molecule has 0 aliphatic rings. The van der Waals surface area contributed by atoms with Gasteiger partial charge in [0.1, 0.15) is 0 Å². The van der Waals surface area contributed by atoms with E-state index in [4.69, 9.17) is 0 Å². The molecule has 0 spiro atoms. The van der Waals surface area contributed by atoms with Crippen LogP contribution >= 0.6 is 0 Å². The molecular weight excluding hydrogens is 204 g/mol. The van der Waals surface area contributed by atoms with Crippen molar-refractivity contribution in [2.75, 3.05) is 11.9 Å². The second kappa shape index (κ2) is 4.22. The van der Waals surface area contributed by atoms with Crippen molar-refractivity contribution in [3.8, 4) is 0 Å². The van der Waals surface area contributed by atoms with Crippen LogP contribution in [-0.4, -0.2) is 22.5 Å². The van der Waals surface area contributed by atoms with Gasteiger partial charge in [-0.1, -0.05) is 6.07 Å². The molecule has 0 saturated carbocycles. The Morgan fingerprint density at radius 3 is 3.06 bits per heavy atom. The van der Waals surface area contributed by atoms with E-state index in [1.807, 2.05) is 32.0 Å². The third kappa shape index (κ3) is 2.13. The van der Waals surface area contributed by atoms with Crippen LogP contribution in [0, 0.1) is 6.92 Å². The summed E-state index contributed by atoms with van der Waals surface area (Å²) >= 11 is 0. The number of imidazole rings is 1. The minimum absolute atomic E-state index is 0.252. The summed E-state index contributed by atoms with van der Waals surface area (Å²) in [5.41, 5.74) is 2.92. The van der Waals surface area contributed by atoms with Crippen molar-refractivity contribution in [1.82, 2.24) is 15.3 Å². The summed E-state index contributed by atoms with van der Waals surface area (Å²) in [6, 6.07) is 5.65. The van der Waals surface area contributed by atoms with Crippen molar-refractivity contribution in [3.05, 3.63) is 23.8 Å². The molecule has 2 rings (SSSR count). The maximum absolute atomic E-state index is 11.3. The summed E-state index contributed by atoms with van der Waals surface area (Å²) in [5, 5.41) is 5.27. The molecule has 0 unspecified atom stereocenters. The molecule has 1 heterocycles. The van der Waals surface area contributed by atoms with Gasteiger partial charge in [-0.25, -0.2) is 9.78 Å². The highest BCUT2D eigenvalue weighted by atomic mass is 16.2. The number of urea groups is 1. The minimum atomic E-state index is -0.252. The Bertz CT molecular complexity index is 518. The number of nitrogens with zero attached hydrogens (tertiary/aromatic N) is 1. The zero-order valence-electron chi connectivity index (χ0n) is 9.29. The van der Waals surface area contributed by atoms with Crippen molar-refractivity contribution < 1.29 is 4.79 Å². The van der Waals surface area contributed by atoms with Crippen LogP contribution in [0.25, 0.3) is 11.0 Å². The average Bonchev–Trinajstić information content (AvgIpc) is 2.59. The minimum Gasteiger partial charge on any atom is -0.338 e. The van der Waals surface area contributed by atoms with Crippen LogP contribution in [-0.2, 0) is 0 Å². The van der Waals surface area contributed by atoms with Crippen LogP contribution in [0.15, 0.2) is 18.2 Å². The highest BCUT2D eigenvalue weighted by Crippen LogP contribution is 2.15. The number of aromatic amines is 1. The third-order valence-electron chi connectivity index (χ3n) is 2.21. The summed E-state index contributed by atoms with van der Waals surface area (Å²) in [7, 11) is 0. The molecule has 0 fully saturated rings. The van der Waals surface area contributed by atoms with Crippen molar-refractivity contribution in [2.45, 2.75) is 13.8 Å². The Labute approximate surface area is 93.3 Å². The predicted molar refractivity (Wildman–Crippen MR) is 63.5 cm³/mol. The van der Waals surface area contributed by atoms with Gasteiger partial charge in [-0.3, -0.25) is 5.32 Å². The van der Waals surface area contributed by atoms with Gasteiger partial charge in [0.05, 0.1) is 11.0 Å². The van der Waals surface area contributed by atoms with Crippen molar-refractivity contribution in [1.29, 1.82) is 0 Å². The highest BCUT2D eigenvalue weighted by molar-refractivity contribution is 5.89. The van der Waals surface area contributed by atoms with E-state index in [-0.39, 0.29) is 6.03 Å². The molecule has 0 aliphatic heterocycles. The second-order valence-corrected chi connectivity index (χ2v) is 3.59. The van der Waals surface area contributed by atoms with E-state index in [0.717, 1.165) is 16.6 Å². The first-order chi connectivity index (χ1) is 7.69. The summed E-state index contributed by atoms with van der Waals surface area (Å²) < 4.78 is 0. The first-order valence-electron chi connectivity index (χ1n) is 5.20. The number of anilines is 1. The zero-order chi connectivity index (χ0) is 11.5. The number of rotatable bonds is 2. The Kier molecular flexibility index (Phi) is 2.76. The number of nitrogens with one attached hydrogen (secondary N) is 3. The van der Waals surface area contributed by atoms with Crippen LogP contribution in [0.3, 0.4) is 0 Å². The summed E-state index contributed by atoms with van der Waals surface area (Å²) in [4.78, 5) is 18.6. The molecule has 0 bridgehead atoms. The SMILES string of the molecule is CCNC(=O)Nc1nc2ccc(C)cc2[nH]1. The van der Waals surface area contributed by atoms with Gasteiger partial charge < -0.3 is 10.3 Å². The number of carbonyl (C=O) groups is 1. The smallest absolute Gasteiger partial charge is 0.321 e. The van der Waals surface area contributed by atoms with E-state index in [9.17, 15) is 4.79 Å². The van der Waals surface area contributed by atoms with E-state index < -0.39 is 0 Å². The van der Waals surface area contributed by atoms with Gasteiger partial charge in [-0.05, 0) is 31.5 Å². The molecule has 0 aliphatic carbocycles. The van der Waals surface area contributed by atoms with Gasteiger partial charge in [0.15, 0.2) is 0 Å². The van der Waals surface area contributed by atoms with Gasteiger partial charge >= 0.3 is 6.03 Å². The van der Waals surface area contributed by atoms with Crippen molar-refractivity contribution >= 4 is 23.0 Å². The molecule has 16 heavy (non-hydrogen) atoms. The largest absolute Gasteiger partial charge is 0.338 e. The van der Waals surface area contributed by atoms with Crippen molar-refractivity contribution in [2.24, 2.45) is 0 Å². The van der Waals surface area contributed by atoms with E-state index in [0.29, 0.717) is 12.5 Å². The molecule has 84 valence electrons. The molecular formula is C11H14N4O. The van der Waals surface area contributed by atoms with Crippen LogP contribution in [0.2, 0.25) is 0 Å². The Morgan fingerprint density at radius 1 is 1.50 bits per heavy atom. The Hall–Kier alpha value is -2.04. The first-order valence-corrected chi connectivity index (χ1v) is 5.20. The maximum Gasteiger partial charge on any atom is 0.321 e. The maximum atomic E-state index is 11.3. The van der Waals surface area contributed by atoms with E-state index in [1.54, 1.807) is 0 Å². The molecule has 5 heteroatoms. The molecule has 1 aromatic carbocycles. The molecule has 0 atom stereocenters. The summed E-state index contributed by atoms with van der Waals surface area (Å²) in [6.07, 6.45) is 0. The van der Waals surface area contributed by atoms with Crippen LogP contribution in [0.5, 0.6) is 0 Å². The first kappa shape index (κ1) is 10.5. The fourth-order valence-corrected chi connectivity index (χ4v) is 1.49. The lowest BCUT2D eigenvalue weighted by molar-refractivity contribution is 0.252. The van der Waals surface area contributed by atoms with Crippen molar-refractivity contribution in [3.63, 3.8) is 0 Å². The number of carbonyl (C=O) groups excluding carboxylic acids is 1. The predicted octanol–water partition coefficient (Wildman–Crippen LogP) is 2.01. The van der Waals surface area contributed by atoms with Crippen LogP contribution in [0.4, 0.5) is 10.7 Å². The van der Waals surface area contributed by atoms with E-state index in [1.165, 1.54) is 0 Å². The topological polar surface area (TPSA) is 69.8 Å². The molecule has 0 radical (unpaired) electrons. The van der Waals surface area contributed by atoms with Gasteiger partial charge in [-0.2, -0.15) is 0 Å². The summed E-state index contributed by atoms with van der Waals surface area (Å²) in [5.74, 6) is 0.464. The lowest BCUT2D eigenvalue weighted by Gasteiger charge is -2.00. The molecule has 1 aromatic heterocycles. The third-order valence-corrected chi connectivity index (χ3v) is 2.21. The Balaban J connectivity index is 2.23. The normalized spacial score (nSPS) is 10.4. The molecule has 5 nitrogen and oxygen atoms in total. The van der Waals surface area contributed by atoms with Gasteiger partial charge in [0.25, 0.3) is 0 Å². The van der Waals surface area contributed by atoms with E-state index >= 15 is 0 Å². The molecule has 0 saturated heterocycles. The molecule has 3 N–H and O–H groups in total. The fourth-order valence-electron chi connectivity index (χ4n) is 1.49. The monoisotopic (exact) mass is 218 g/mol. The van der Waals surface area contributed by atoms with Gasteiger partial charge in [0.2, 0.25) is 5.95 Å². The highest BCUT2D eigenvalue weighted by Gasteiger charge is 2.05. The fraction of sp³-hybridized carbons (Fsp3) is 0.273.